The van der Waals surface area contributed by atoms with Gasteiger partial charge >= 0.3 is 0 Å². The van der Waals surface area contributed by atoms with Gasteiger partial charge in [-0.1, -0.05) is 0 Å². The van der Waals surface area contributed by atoms with Crippen molar-refractivity contribution in [3.05, 3.63) is 0 Å². The van der Waals surface area contributed by atoms with Crippen molar-refractivity contribution in [3.63, 3.8) is 0 Å². The zero-order chi connectivity index (χ0) is 6.27. The van der Waals surface area contributed by atoms with E-state index in [0.29, 0.717) is 12.0 Å². The molecule has 52 valence electrons. The van der Waals surface area contributed by atoms with Crippen molar-refractivity contribution >= 4 is 0 Å². The Morgan fingerprint density at radius 1 is 1.33 bits per heavy atom. The topological polar surface area (TPSA) is 29.5 Å². The fourth-order valence-corrected chi connectivity index (χ4v) is 1.94. The molecule has 0 aromatic carbocycles. The third kappa shape index (κ3) is 0.864. The lowest BCUT2D eigenvalue weighted by molar-refractivity contribution is 0.0822. The molecule has 2 nitrogen and oxygen atoms in total. The number of ether oxygens (including phenoxy) is 1. The minimum Gasteiger partial charge on any atom is -0.393 e. The molecule has 0 radical (unpaired) electrons. The van der Waals surface area contributed by atoms with E-state index in [-0.39, 0.29) is 6.10 Å². The second kappa shape index (κ2) is 1.96. The smallest absolute Gasteiger partial charge is 0.0629 e. The summed E-state index contributed by atoms with van der Waals surface area (Å²) in [4.78, 5) is 0. The first-order valence-corrected chi connectivity index (χ1v) is 3.66. The molecule has 3 atom stereocenters. The molecule has 2 aliphatic rings. The molecule has 2 fully saturated rings. The van der Waals surface area contributed by atoms with Crippen LogP contribution in [-0.2, 0) is 4.74 Å². The van der Waals surface area contributed by atoms with Gasteiger partial charge in [0.2, 0.25) is 0 Å². The Balaban J connectivity index is 2.02. The van der Waals surface area contributed by atoms with Gasteiger partial charge in [-0.3, -0.25) is 0 Å². The number of hydrogen-bond donors (Lipinski definition) is 1. The van der Waals surface area contributed by atoms with E-state index in [1.54, 1.807) is 0 Å². The van der Waals surface area contributed by atoms with Crippen LogP contribution in [0.25, 0.3) is 0 Å². The van der Waals surface area contributed by atoms with Crippen LogP contribution in [0.2, 0.25) is 0 Å². The van der Waals surface area contributed by atoms with Crippen LogP contribution >= 0.6 is 0 Å². The fourth-order valence-electron chi connectivity index (χ4n) is 1.94. The van der Waals surface area contributed by atoms with E-state index in [1.165, 1.54) is 6.42 Å². The second-order valence-corrected chi connectivity index (χ2v) is 3.08. The van der Waals surface area contributed by atoms with Crippen LogP contribution < -0.4 is 0 Å². The van der Waals surface area contributed by atoms with Crippen LogP contribution in [0.3, 0.4) is 0 Å². The number of rotatable bonds is 0. The van der Waals surface area contributed by atoms with Crippen LogP contribution in [0, 0.1) is 5.92 Å². The first-order valence-electron chi connectivity index (χ1n) is 3.66. The summed E-state index contributed by atoms with van der Waals surface area (Å²) in [5.41, 5.74) is 0. The van der Waals surface area contributed by atoms with E-state index in [2.05, 4.69) is 0 Å². The maximum absolute atomic E-state index is 9.16. The van der Waals surface area contributed by atoms with Crippen molar-refractivity contribution in [1.82, 2.24) is 0 Å². The summed E-state index contributed by atoms with van der Waals surface area (Å²) in [6.45, 7) is 0.919. The molecule has 1 heterocycles. The number of hydrogen-bond acceptors (Lipinski definition) is 2. The average Bonchev–Trinajstić information content (AvgIpc) is 2.22. The predicted octanol–water partition coefficient (Wildman–Crippen LogP) is 0.546. The Hall–Kier alpha value is -0.0800. The lowest BCUT2D eigenvalue weighted by Gasteiger charge is -2.03. The zero-order valence-corrected chi connectivity index (χ0v) is 5.42. The number of fused-ring (bicyclic) bond motifs is 1. The first kappa shape index (κ1) is 5.69. The highest BCUT2D eigenvalue weighted by molar-refractivity contribution is 4.87. The van der Waals surface area contributed by atoms with Gasteiger partial charge < -0.3 is 9.84 Å². The highest BCUT2D eigenvalue weighted by Gasteiger charge is 2.37. The van der Waals surface area contributed by atoms with Crippen molar-refractivity contribution in [3.8, 4) is 0 Å². The molecule has 9 heavy (non-hydrogen) atoms. The summed E-state index contributed by atoms with van der Waals surface area (Å²) in [6, 6.07) is 0. The molecule has 1 aliphatic heterocycles. The quantitative estimate of drug-likeness (QED) is 0.516. The second-order valence-electron chi connectivity index (χ2n) is 3.08. The maximum atomic E-state index is 9.16. The van der Waals surface area contributed by atoms with Crippen LogP contribution in [0.5, 0.6) is 0 Å². The summed E-state index contributed by atoms with van der Waals surface area (Å²) >= 11 is 0. The van der Waals surface area contributed by atoms with E-state index in [4.69, 9.17) is 9.84 Å². The molecule has 0 bridgehead atoms. The van der Waals surface area contributed by atoms with Gasteiger partial charge in [0.25, 0.3) is 0 Å². The average molecular weight is 128 g/mol. The summed E-state index contributed by atoms with van der Waals surface area (Å²) in [5.74, 6) is 0.681. The molecular formula is C7H12O2. The molecule has 0 aromatic rings. The van der Waals surface area contributed by atoms with E-state index in [9.17, 15) is 0 Å². The Morgan fingerprint density at radius 3 is 3.00 bits per heavy atom. The van der Waals surface area contributed by atoms with E-state index < -0.39 is 0 Å². The molecule has 0 spiro atoms. The van der Waals surface area contributed by atoms with Crippen LogP contribution in [0.4, 0.5) is 0 Å². The van der Waals surface area contributed by atoms with Gasteiger partial charge in [0.05, 0.1) is 12.2 Å². The van der Waals surface area contributed by atoms with E-state index in [1.807, 2.05) is 0 Å². The molecule has 1 saturated heterocycles. The van der Waals surface area contributed by atoms with Crippen LogP contribution in [0.1, 0.15) is 19.3 Å². The monoisotopic (exact) mass is 128 g/mol. The fraction of sp³-hybridized carbons (Fsp3) is 1.00. The Kier molecular flexibility index (Phi) is 1.24. The molecule has 0 unspecified atom stereocenters. The summed E-state index contributed by atoms with van der Waals surface area (Å²) in [5, 5.41) is 9.16. The molecular weight excluding hydrogens is 116 g/mol. The van der Waals surface area contributed by atoms with Gasteiger partial charge in [-0.05, 0) is 25.2 Å². The Labute approximate surface area is 54.8 Å². The minimum absolute atomic E-state index is 0.0692. The zero-order valence-electron chi connectivity index (χ0n) is 5.42. The van der Waals surface area contributed by atoms with Crippen LogP contribution in [-0.4, -0.2) is 23.9 Å². The molecule has 1 N–H and O–H groups in total. The Bertz CT molecular complexity index is 101. The molecule has 1 saturated carbocycles. The highest BCUT2D eigenvalue weighted by Crippen LogP contribution is 2.35. The predicted molar refractivity (Wildman–Crippen MR) is 33.1 cm³/mol. The molecule has 0 aromatic heterocycles. The van der Waals surface area contributed by atoms with Gasteiger partial charge in [0, 0.05) is 6.61 Å². The Morgan fingerprint density at radius 2 is 2.22 bits per heavy atom. The van der Waals surface area contributed by atoms with E-state index in [0.717, 1.165) is 19.4 Å². The standard InChI is InChI=1S/C7H12O2/c8-6-3-5-1-2-9-7(5)4-6/h5-8H,1-4H2/t5-,6+,7+/m0/s1. The lowest BCUT2D eigenvalue weighted by atomic mass is 10.1. The summed E-state index contributed by atoms with van der Waals surface area (Å²) in [7, 11) is 0. The van der Waals surface area contributed by atoms with Gasteiger partial charge in [-0.2, -0.15) is 0 Å². The van der Waals surface area contributed by atoms with Gasteiger partial charge in [-0.15, -0.1) is 0 Å². The lowest BCUT2D eigenvalue weighted by Crippen LogP contribution is -2.07. The highest BCUT2D eigenvalue weighted by atomic mass is 16.5. The minimum atomic E-state index is -0.0692. The first-order chi connectivity index (χ1) is 4.36. The van der Waals surface area contributed by atoms with Crippen LogP contribution in [0.15, 0.2) is 0 Å². The van der Waals surface area contributed by atoms with Crippen molar-refractivity contribution in [2.24, 2.45) is 5.92 Å². The molecule has 0 amide bonds. The van der Waals surface area contributed by atoms with Crippen molar-refractivity contribution < 1.29 is 9.84 Å². The van der Waals surface area contributed by atoms with Gasteiger partial charge in [-0.25, -0.2) is 0 Å². The number of aliphatic hydroxyl groups excluding tert-OH is 1. The molecule has 2 heteroatoms. The van der Waals surface area contributed by atoms with Crippen molar-refractivity contribution in [1.29, 1.82) is 0 Å². The van der Waals surface area contributed by atoms with Gasteiger partial charge in [0.15, 0.2) is 0 Å². The van der Waals surface area contributed by atoms with E-state index >= 15 is 0 Å². The van der Waals surface area contributed by atoms with Gasteiger partial charge in [0.1, 0.15) is 0 Å². The maximum Gasteiger partial charge on any atom is 0.0629 e. The summed E-state index contributed by atoms with van der Waals surface area (Å²) in [6.07, 6.45) is 3.36. The third-order valence-corrected chi connectivity index (χ3v) is 2.43. The third-order valence-electron chi connectivity index (χ3n) is 2.43. The molecule has 1 aliphatic carbocycles. The number of aliphatic hydroxyl groups is 1. The van der Waals surface area contributed by atoms with Crippen molar-refractivity contribution in [2.45, 2.75) is 31.5 Å². The molecule has 2 rings (SSSR count). The largest absolute Gasteiger partial charge is 0.393 e. The normalized spacial score (nSPS) is 49.7. The summed E-state index contributed by atoms with van der Waals surface area (Å²) < 4.78 is 5.39. The van der Waals surface area contributed by atoms with Crippen molar-refractivity contribution in [2.75, 3.05) is 6.61 Å². The SMILES string of the molecule is O[C@@H]1C[C@@H]2CCO[C@@H]2C1.